The fraction of sp³-hybridized carbons (Fsp3) is 0.600. The van der Waals surface area contributed by atoms with E-state index < -0.39 is 17.3 Å². The Kier molecular flexibility index (Phi) is 5.59. The Morgan fingerprint density at radius 1 is 1.25 bits per heavy atom. The van der Waals surface area contributed by atoms with E-state index in [-0.39, 0.29) is 6.04 Å². The summed E-state index contributed by atoms with van der Waals surface area (Å²) in [6.45, 7) is 6.34. The van der Waals surface area contributed by atoms with Gasteiger partial charge in [0.05, 0.1) is 11.2 Å². The Hall–Kier alpha value is -1.07. The zero-order valence-electron chi connectivity index (χ0n) is 12.3. The summed E-state index contributed by atoms with van der Waals surface area (Å²) in [5.41, 5.74) is -0.413. The van der Waals surface area contributed by atoms with Gasteiger partial charge in [0.15, 0.2) is 0 Å². The van der Waals surface area contributed by atoms with Gasteiger partial charge in [-0.05, 0) is 45.9 Å². The molecule has 0 aliphatic carbocycles. The van der Waals surface area contributed by atoms with E-state index in [4.69, 9.17) is 4.74 Å². The van der Waals surface area contributed by atoms with E-state index in [2.05, 4.69) is 5.32 Å². The molecule has 0 heterocycles. The molecule has 1 aromatic rings. The van der Waals surface area contributed by atoms with Gasteiger partial charge in [0, 0.05) is 12.6 Å². The zero-order chi connectivity index (χ0) is 15.4. The van der Waals surface area contributed by atoms with E-state index in [9.17, 15) is 13.2 Å². The summed E-state index contributed by atoms with van der Waals surface area (Å²) >= 11 is 0. The minimum Gasteiger partial charge on any atom is -0.374 e. The van der Waals surface area contributed by atoms with Crippen LogP contribution in [-0.4, -0.2) is 25.3 Å². The first-order valence-electron chi connectivity index (χ1n) is 6.68. The molecule has 0 spiro atoms. The first kappa shape index (κ1) is 17.0. The summed E-state index contributed by atoms with van der Waals surface area (Å²) in [5, 5.41) is 3.13. The molecule has 0 aromatic heterocycles. The van der Waals surface area contributed by atoms with Crippen molar-refractivity contribution in [3.8, 4) is 0 Å². The van der Waals surface area contributed by atoms with E-state index in [0.29, 0.717) is 18.6 Å². The number of rotatable bonds is 6. The SMILES string of the molecule is CCOC(C)(C)C(Cc1cccc(C(F)(F)F)c1)NC. The minimum atomic E-state index is -4.30. The number of hydrogen-bond donors (Lipinski definition) is 1. The maximum atomic E-state index is 12.7. The fourth-order valence-corrected chi connectivity index (χ4v) is 2.28. The van der Waals surface area contributed by atoms with Gasteiger partial charge >= 0.3 is 6.18 Å². The molecule has 0 fully saturated rings. The molecule has 0 amide bonds. The monoisotopic (exact) mass is 289 g/mol. The van der Waals surface area contributed by atoms with Gasteiger partial charge in [0.25, 0.3) is 0 Å². The number of benzene rings is 1. The van der Waals surface area contributed by atoms with Crippen molar-refractivity contribution in [1.82, 2.24) is 5.32 Å². The van der Waals surface area contributed by atoms with Gasteiger partial charge in [-0.15, -0.1) is 0 Å². The van der Waals surface area contributed by atoms with Crippen molar-refractivity contribution in [3.05, 3.63) is 35.4 Å². The van der Waals surface area contributed by atoms with Crippen LogP contribution in [0, 0.1) is 0 Å². The largest absolute Gasteiger partial charge is 0.416 e. The summed E-state index contributed by atoms with van der Waals surface area (Å²) in [4.78, 5) is 0. The first-order chi connectivity index (χ1) is 9.20. The van der Waals surface area contributed by atoms with E-state index in [1.807, 2.05) is 20.8 Å². The molecule has 1 aromatic carbocycles. The first-order valence-corrected chi connectivity index (χ1v) is 6.68. The number of alkyl halides is 3. The van der Waals surface area contributed by atoms with Crippen LogP contribution >= 0.6 is 0 Å². The molecule has 5 heteroatoms. The molecular formula is C15H22F3NO. The lowest BCUT2D eigenvalue weighted by atomic mass is 9.91. The molecule has 2 nitrogen and oxygen atoms in total. The lowest BCUT2D eigenvalue weighted by Crippen LogP contribution is -2.48. The molecule has 0 aliphatic rings. The Labute approximate surface area is 118 Å². The summed E-state index contributed by atoms with van der Waals surface area (Å²) in [6, 6.07) is 5.38. The molecular weight excluding hydrogens is 267 g/mol. The van der Waals surface area contributed by atoms with Crippen LogP contribution in [0.4, 0.5) is 13.2 Å². The molecule has 0 bridgehead atoms. The van der Waals surface area contributed by atoms with E-state index in [1.165, 1.54) is 12.1 Å². The van der Waals surface area contributed by atoms with Crippen LogP contribution in [0.1, 0.15) is 31.9 Å². The van der Waals surface area contributed by atoms with Gasteiger partial charge in [0.2, 0.25) is 0 Å². The Bertz CT molecular complexity index is 429. The summed E-state index contributed by atoms with van der Waals surface area (Å²) < 4.78 is 43.8. The molecule has 0 saturated carbocycles. The highest BCUT2D eigenvalue weighted by molar-refractivity contribution is 5.26. The Morgan fingerprint density at radius 2 is 1.90 bits per heavy atom. The maximum Gasteiger partial charge on any atom is 0.416 e. The second kappa shape index (κ2) is 6.59. The van der Waals surface area contributed by atoms with Crippen molar-refractivity contribution < 1.29 is 17.9 Å². The van der Waals surface area contributed by atoms with Gasteiger partial charge in [-0.25, -0.2) is 0 Å². The predicted octanol–water partition coefficient (Wildman–Crippen LogP) is 3.65. The third-order valence-electron chi connectivity index (χ3n) is 3.40. The highest BCUT2D eigenvalue weighted by Gasteiger charge is 2.32. The molecule has 1 N–H and O–H groups in total. The molecule has 0 saturated heterocycles. The average molecular weight is 289 g/mol. The van der Waals surface area contributed by atoms with Gasteiger partial charge < -0.3 is 10.1 Å². The van der Waals surface area contributed by atoms with Crippen LogP contribution in [0.15, 0.2) is 24.3 Å². The maximum absolute atomic E-state index is 12.7. The molecule has 1 unspecified atom stereocenters. The average Bonchev–Trinajstić information content (AvgIpc) is 2.35. The van der Waals surface area contributed by atoms with Crippen LogP contribution in [0.5, 0.6) is 0 Å². The van der Waals surface area contributed by atoms with Gasteiger partial charge in [-0.2, -0.15) is 13.2 Å². The third-order valence-corrected chi connectivity index (χ3v) is 3.40. The Balaban J connectivity index is 2.91. The smallest absolute Gasteiger partial charge is 0.374 e. The van der Waals surface area contributed by atoms with Crippen molar-refractivity contribution in [2.24, 2.45) is 0 Å². The number of hydrogen-bond acceptors (Lipinski definition) is 2. The lowest BCUT2D eigenvalue weighted by Gasteiger charge is -2.34. The third kappa shape index (κ3) is 4.49. The second-order valence-electron chi connectivity index (χ2n) is 5.28. The molecule has 1 atom stereocenters. The number of nitrogens with one attached hydrogen (secondary N) is 1. The van der Waals surface area contributed by atoms with Crippen LogP contribution in [0.3, 0.4) is 0 Å². The van der Waals surface area contributed by atoms with Gasteiger partial charge in [-0.1, -0.05) is 18.2 Å². The quantitative estimate of drug-likeness (QED) is 0.863. The molecule has 1 rings (SSSR count). The topological polar surface area (TPSA) is 21.3 Å². The Morgan fingerprint density at radius 3 is 2.40 bits per heavy atom. The standard InChI is InChI=1S/C15H22F3NO/c1-5-20-14(2,3)13(19-4)10-11-7-6-8-12(9-11)15(16,17)18/h6-9,13,19H,5,10H2,1-4H3. The van der Waals surface area contributed by atoms with Crippen LogP contribution < -0.4 is 5.32 Å². The fourth-order valence-electron chi connectivity index (χ4n) is 2.28. The summed E-state index contributed by atoms with van der Waals surface area (Å²) in [7, 11) is 1.79. The number of ether oxygens (including phenoxy) is 1. The van der Waals surface area contributed by atoms with Crippen molar-refractivity contribution in [2.45, 2.75) is 45.0 Å². The number of halogens is 3. The summed E-state index contributed by atoms with van der Waals surface area (Å²) in [5.74, 6) is 0. The van der Waals surface area contributed by atoms with E-state index >= 15 is 0 Å². The number of likely N-dealkylation sites (N-methyl/N-ethyl adjacent to an activating group) is 1. The van der Waals surface area contributed by atoms with Gasteiger partial charge in [0.1, 0.15) is 0 Å². The molecule has 20 heavy (non-hydrogen) atoms. The zero-order valence-corrected chi connectivity index (χ0v) is 12.3. The highest BCUT2D eigenvalue weighted by Crippen LogP contribution is 2.30. The van der Waals surface area contributed by atoms with Crippen molar-refractivity contribution in [3.63, 3.8) is 0 Å². The van der Waals surface area contributed by atoms with E-state index in [1.54, 1.807) is 13.1 Å². The van der Waals surface area contributed by atoms with E-state index in [0.717, 1.165) is 6.07 Å². The predicted molar refractivity (Wildman–Crippen MR) is 73.7 cm³/mol. The van der Waals surface area contributed by atoms with Crippen molar-refractivity contribution >= 4 is 0 Å². The van der Waals surface area contributed by atoms with Crippen molar-refractivity contribution in [2.75, 3.05) is 13.7 Å². The molecule has 114 valence electrons. The lowest BCUT2D eigenvalue weighted by molar-refractivity contribution is -0.137. The molecule has 0 radical (unpaired) electrons. The minimum absolute atomic E-state index is 0.0640. The van der Waals surface area contributed by atoms with Crippen LogP contribution in [0.25, 0.3) is 0 Å². The van der Waals surface area contributed by atoms with Crippen molar-refractivity contribution in [1.29, 1.82) is 0 Å². The molecule has 0 aliphatic heterocycles. The highest BCUT2D eigenvalue weighted by atomic mass is 19.4. The normalized spacial score (nSPS) is 14.3. The van der Waals surface area contributed by atoms with Crippen LogP contribution in [0.2, 0.25) is 0 Å². The summed E-state index contributed by atoms with van der Waals surface area (Å²) in [6.07, 6.45) is -3.83. The van der Waals surface area contributed by atoms with Crippen LogP contribution in [-0.2, 0) is 17.3 Å². The van der Waals surface area contributed by atoms with Gasteiger partial charge in [-0.3, -0.25) is 0 Å². The second-order valence-corrected chi connectivity index (χ2v) is 5.28.